The van der Waals surface area contributed by atoms with E-state index in [9.17, 15) is 0 Å². The van der Waals surface area contributed by atoms with Crippen LogP contribution in [0, 0.1) is 0 Å². The zero-order valence-corrected chi connectivity index (χ0v) is 30.1. The van der Waals surface area contributed by atoms with Crippen LogP contribution in [0.1, 0.15) is 0 Å². The Morgan fingerprint density at radius 1 is 0.304 bits per heavy atom. The lowest BCUT2D eigenvalue weighted by atomic mass is 9.93. The third-order valence-electron chi connectivity index (χ3n) is 11.4. The number of para-hydroxylation sites is 3. The van der Waals surface area contributed by atoms with Crippen molar-refractivity contribution in [1.82, 2.24) is 24.3 Å². The van der Waals surface area contributed by atoms with E-state index in [1.807, 2.05) is 0 Å². The Bertz CT molecular complexity index is 3510. The summed E-state index contributed by atoms with van der Waals surface area (Å²) in [5.41, 5.74) is 11.8. The molecule has 0 fully saturated rings. The zero-order chi connectivity index (χ0) is 36.7. The van der Waals surface area contributed by atoms with Gasteiger partial charge in [-0.25, -0.2) is 4.98 Å². The first kappa shape index (κ1) is 30.8. The van der Waals surface area contributed by atoms with E-state index in [0.717, 1.165) is 71.3 Å². The van der Waals surface area contributed by atoms with Crippen LogP contribution in [0.2, 0.25) is 0 Å². The fraction of sp³-hybridized carbons (Fsp3) is 0. The van der Waals surface area contributed by atoms with Crippen molar-refractivity contribution in [2.45, 2.75) is 0 Å². The minimum Gasteiger partial charge on any atom is -0.309 e. The molecule has 0 aliphatic heterocycles. The summed E-state index contributed by atoms with van der Waals surface area (Å²) in [6, 6.07) is 66.9. The number of hydrogen-bond acceptors (Lipinski definition) is 3. The molecule has 0 spiro atoms. The van der Waals surface area contributed by atoms with Crippen molar-refractivity contribution in [3.63, 3.8) is 0 Å². The van der Waals surface area contributed by atoms with Crippen molar-refractivity contribution < 1.29 is 0 Å². The Morgan fingerprint density at radius 2 is 0.786 bits per heavy atom. The van der Waals surface area contributed by atoms with Crippen LogP contribution < -0.4 is 0 Å². The van der Waals surface area contributed by atoms with E-state index in [4.69, 9.17) is 15.2 Å². The second-order valence-corrected chi connectivity index (χ2v) is 14.5. The second-order valence-electron chi connectivity index (χ2n) is 14.5. The number of benzene rings is 9. The predicted octanol–water partition coefficient (Wildman–Crippen LogP) is 12.9. The minimum absolute atomic E-state index is 0.545. The molecule has 5 heteroatoms. The molecule has 5 nitrogen and oxygen atoms in total. The number of rotatable bonds is 4. The lowest BCUT2D eigenvalue weighted by Crippen LogP contribution is -2.04. The molecule has 3 aromatic heterocycles. The lowest BCUT2D eigenvalue weighted by Gasteiger charge is -2.13. The van der Waals surface area contributed by atoms with Crippen molar-refractivity contribution in [2.24, 2.45) is 0 Å². The number of nitrogens with zero attached hydrogens (tertiary/aromatic N) is 5. The number of fused-ring (bicyclic) bond motifs is 13. The van der Waals surface area contributed by atoms with Gasteiger partial charge in [-0.2, -0.15) is 0 Å². The van der Waals surface area contributed by atoms with Gasteiger partial charge in [0.1, 0.15) is 11.0 Å². The SMILES string of the molecule is c1ccc(-c2ccc3c(c2)c2cc(-c4ccccc4)ccc2c2nc(-n4c5ccccc5c5c6c7ccccc7n(-c7ccccc7)c6ccc54)nnc32)cc1. The summed E-state index contributed by atoms with van der Waals surface area (Å²) in [5, 5.41) is 19.1. The van der Waals surface area contributed by atoms with Gasteiger partial charge in [0.25, 0.3) is 5.95 Å². The molecule has 56 heavy (non-hydrogen) atoms. The molecule has 12 rings (SSSR count). The van der Waals surface area contributed by atoms with Gasteiger partial charge in [-0.15, -0.1) is 10.2 Å². The minimum atomic E-state index is 0.545. The maximum Gasteiger partial charge on any atom is 0.255 e. The normalized spacial score (nSPS) is 11.9. The monoisotopic (exact) mass is 713 g/mol. The van der Waals surface area contributed by atoms with Crippen LogP contribution in [0.5, 0.6) is 0 Å². The summed E-state index contributed by atoms with van der Waals surface area (Å²) in [7, 11) is 0. The van der Waals surface area contributed by atoms with Gasteiger partial charge < -0.3 is 4.57 Å². The predicted molar refractivity (Wildman–Crippen MR) is 232 cm³/mol. The highest BCUT2D eigenvalue weighted by Crippen LogP contribution is 2.43. The van der Waals surface area contributed by atoms with Crippen LogP contribution in [-0.2, 0) is 0 Å². The van der Waals surface area contributed by atoms with Gasteiger partial charge in [0.05, 0.1) is 22.1 Å². The fourth-order valence-electron chi connectivity index (χ4n) is 8.94. The average Bonchev–Trinajstić information content (AvgIpc) is 3.80. The molecule has 0 N–H and O–H groups in total. The summed E-state index contributed by atoms with van der Waals surface area (Å²) in [6.45, 7) is 0. The molecule has 9 aromatic carbocycles. The Labute approximate surface area is 321 Å². The van der Waals surface area contributed by atoms with Crippen molar-refractivity contribution in [1.29, 1.82) is 0 Å². The summed E-state index contributed by atoms with van der Waals surface area (Å²) in [5.74, 6) is 0.545. The van der Waals surface area contributed by atoms with E-state index < -0.39 is 0 Å². The molecular weight excluding hydrogens is 683 g/mol. The van der Waals surface area contributed by atoms with Crippen molar-refractivity contribution in [3.8, 4) is 33.9 Å². The van der Waals surface area contributed by atoms with Crippen molar-refractivity contribution in [2.75, 3.05) is 0 Å². The van der Waals surface area contributed by atoms with Gasteiger partial charge in [-0.3, -0.25) is 4.57 Å². The zero-order valence-electron chi connectivity index (χ0n) is 30.1. The van der Waals surface area contributed by atoms with Crippen LogP contribution in [0.15, 0.2) is 188 Å². The average molecular weight is 714 g/mol. The Hall–Kier alpha value is -7.63. The number of aromatic nitrogens is 5. The van der Waals surface area contributed by atoms with E-state index in [1.54, 1.807) is 0 Å². The van der Waals surface area contributed by atoms with Crippen LogP contribution >= 0.6 is 0 Å². The van der Waals surface area contributed by atoms with Crippen LogP contribution in [0.3, 0.4) is 0 Å². The van der Waals surface area contributed by atoms with Crippen LogP contribution in [-0.4, -0.2) is 24.3 Å². The topological polar surface area (TPSA) is 48.5 Å². The van der Waals surface area contributed by atoms with Gasteiger partial charge >= 0.3 is 0 Å². The maximum absolute atomic E-state index is 5.46. The van der Waals surface area contributed by atoms with Gasteiger partial charge in [-0.1, -0.05) is 140 Å². The molecule has 0 atom stereocenters. The third-order valence-corrected chi connectivity index (χ3v) is 11.4. The smallest absolute Gasteiger partial charge is 0.255 e. The molecule has 0 aliphatic rings. The molecule has 0 amide bonds. The molecule has 3 heterocycles. The van der Waals surface area contributed by atoms with E-state index >= 15 is 0 Å². The van der Waals surface area contributed by atoms with Crippen molar-refractivity contribution in [3.05, 3.63) is 188 Å². The molecule has 0 unspecified atom stereocenters. The lowest BCUT2D eigenvalue weighted by molar-refractivity contribution is 0.926. The summed E-state index contributed by atoms with van der Waals surface area (Å²) in [4.78, 5) is 5.46. The largest absolute Gasteiger partial charge is 0.309 e. The van der Waals surface area contributed by atoms with Gasteiger partial charge in [0, 0.05) is 38.0 Å². The van der Waals surface area contributed by atoms with Crippen LogP contribution in [0.25, 0.3) is 110 Å². The first-order chi connectivity index (χ1) is 27.8. The summed E-state index contributed by atoms with van der Waals surface area (Å²) in [6.07, 6.45) is 0. The Balaban J connectivity index is 1.16. The second kappa shape index (κ2) is 11.9. The van der Waals surface area contributed by atoms with Gasteiger partial charge in [0.2, 0.25) is 0 Å². The van der Waals surface area contributed by atoms with E-state index in [2.05, 4.69) is 197 Å². The third kappa shape index (κ3) is 4.46. The Kier molecular flexibility index (Phi) is 6.56. The van der Waals surface area contributed by atoms with Gasteiger partial charge in [0.15, 0.2) is 0 Å². The highest BCUT2D eigenvalue weighted by Gasteiger charge is 2.22. The molecule has 0 bridgehead atoms. The van der Waals surface area contributed by atoms with Gasteiger partial charge in [-0.05, 0) is 81.6 Å². The quantitative estimate of drug-likeness (QED) is 0.171. The molecule has 0 saturated heterocycles. The first-order valence-corrected chi connectivity index (χ1v) is 19.0. The molecule has 0 radical (unpaired) electrons. The van der Waals surface area contributed by atoms with E-state index in [0.29, 0.717) is 5.95 Å². The van der Waals surface area contributed by atoms with E-state index in [1.165, 1.54) is 32.8 Å². The van der Waals surface area contributed by atoms with Crippen LogP contribution in [0.4, 0.5) is 0 Å². The summed E-state index contributed by atoms with van der Waals surface area (Å²) < 4.78 is 4.56. The maximum atomic E-state index is 5.46. The molecule has 12 aromatic rings. The standard InChI is InChI=1S/C51H31N5/c1-4-14-32(15-5-1)34-24-26-37-41(30-34)42-31-35(33-16-6-2-7-17-33)25-27-38(42)50-49(37)52-51(54-53-50)56-44-23-13-11-21-40(44)48-46(56)29-28-45-47(48)39-20-10-12-22-43(39)55(45)36-18-8-3-9-19-36/h1-31H. The Morgan fingerprint density at radius 3 is 1.38 bits per heavy atom. The number of hydrogen-bond donors (Lipinski definition) is 0. The first-order valence-electron chi connectivity index (χ1n) is 19.0. The molecule has 0 saturated carbocycles. The van der Waals surface area contributed by atoms with Crippen molar-refractivity contribution >= 4 is 76.2 Å². The highest BCUT2D eigenvalue weighted by molar-refractivity contribution is 6.29. The molecule has 0 aliphatic carbocycles. The van der Waals surface area contributed by atoms with E-state index in [-0.39, 0.29) is 0 Å². The molecular formula is C51H31N5. The molecule has 260 valence electrons. The highest BCUT2D eigenvalue weighted by atomic mass is 15.3. The summed E-state index contributed by atoms with van der Waals surface area (Å²) >= 11 is 0. The fourth-order valence-corrected chi connectivity index (χ4v) is 8.94.